The molecule has 1 aromatic heterocycles. The third-order valence-corrected chi connectivity index (χ3v) is 5.07. The van der Waals surface area contributed by atoms with Crippen molar-refractivity contribution >= 4 is 11.7 Å². The van der Waals surface area contributed by atoms with E-state index in [4.69, 9.17) is 4.42 Å². The lowest BCUT2D eigenvalue weighted by atomic mass is 9.91. The molecule has 1 amide bonds. The van der Waals surface area contributed by atoms with Gasteiger partial charge in [0.15, 0.2) is 0 Å². The van der Waals surface area contributed by atoms with Crippen molar-refractivity contribution in [3.05, 3.63) is 23.7 Å². The molecule has 112 valence electrons. The SMILES string of the molecule is CC1CC(=O)CC(C2CC2)N1C(=O)c1ccoc1C1CC1. The van der Waals surface area contributed by atoms with Crippen molar-refractivity contribution in [3.8, 4) is 0 Å². The first-order chi connectivity index (χ1) is 10.1. The lowest BCUT2D eigenvalue weighted by Gasteiger charge is -2.40. The number of Topliss-reactive ketones (excluding diaryl/α,β-unsaturated/α-hetero) is 1. The van der Waals surface area contributed by atoms with Gasteiger partial charge in [-0.25, -0.2) is 0 Å². The molecular formula is C17H21NO3. The molecule has 4 heteroatoms. The molecule has 2 aliphatic carbocycles. The van der Waals surface area contributed by atoms with Crippen LogP contribution in [0.2, 0.25) is 0 Å². The second kappa shape index (κ2) is 4.72. The van der Waals surface area contributed by atoms with Crippen LogP contribution in [0, 0.1) is 5.92 Å². The van der Waals surface area contributed by atoms with Crippen LogP contribution in [0.4, 0.5) is 0 Å². The highest BCUT2D eigenvalue weighted by atomic mass is 16.3. The van der Waals surface area contributed by atoms with E-state index in [1.165, 1.54) is 0 Å². The predicted octanol–water partition coefficient (Wildman–Crippen LogP) is 3.13. The molecule has 4 nitrogen and oxygen atoms in total. The molecule has 1 aromatic rings. The van der Waals surface area contributed by atoms with Gasteiger partial charge in [-0.1, -0.05) is 0 Å². The molecule has 0 radical (unpaired) electrons. The highest BCUT2D eigenvalue weighted by Crippen LogP contribution is 2.44. The van der Waals surface area contributed by atoms with E-state index in [0.717, 1.165) is 37.0 Å². The van der Waals surface area contributed by atoms with Crippen LogP contribution in [0.3, 0.4) is 0 Å². The molecule has 0 N–H and O–H groups in total. The smallest absolute Gasteiger partial charge is 0.257 e. The molecule has 2 atom stereocenters. The maximum atomic E-state index is 13.0. The molecule has 2 unspecified atom stereocenters. The standard InChI is InChI=1S/C17H21NO3/c1-10-8-13(19)9-15(11-2-3-11)18(10)17(20)14-6-7-21-16(14)12-4-5-12/h6-7,10-12,15H,2-5,8-9H2,1H3. The van der Waals surface area contributed by atoms with Crippen LogP contribution in [0.1, 0.15) is 67.5 Å². The van der Waals surface area contributed by atoms with Gasteiger partial charge in [-0.15, -0.1) is 0 Å². The minimum Gasteiger partial charge on any atom is -0.468 e. The van der Waals surface area contributed by atoms with Crippen LogP contribution in [-0.2, 0) is 4.79 Å². The second-order valence-electron chi connectivity index (χ2n) is 6.89. The van der Waals surface area contributed by atoms with Gasteiger partial charge in [0, 0.05) is 30.8 Å². The zero-order valence-electron chi connectivity index (χ0n) is 12.4. The quantitative estimate of drug-likeness (QED) is 0.858. The van der Waals surface area contributed by atoms with E-state index >= 15 is 0 Å². The van der Waals surface area contributed by atoms with Crippen molar-refractivity contribution in [2.24, 2.45) is 5.92 Å². The minimum atomic E-state index is 0.00584. The van der Waals surface area contributed by atoms with Crippen LogP contribution in [-0.4, -0.2) is 28.7 Å². The van der Waals surface area contributed by atoms with Gasteiger partial charge >= 0.3 is 0 Å². The number of hydrogen-bond donors (Lipinski definition) is 0. The van der Waals surface area contributed by atoms with Gasteiger partial charge in [0.2, 0.25) is 0 Å². The molecule has 3 aliphatic rings. The summed E-state index contributed by atoms with van der Waals surface area (Å²) in [4.78, 5) is 26.9. The number of amides is 1. The van der Waals surface area contributed by atoms with Gasteiger partial charge < -0.3 is 9.32 Å². The largest absolute Gasteiger partial charge is 0.468 e. The van der Waals surface area contributed by atoms with Gasteiger partial charge in [0.25, 0.3) is 5.91 Å². The Balaban J connectivity index is 1.64. The fourth-order valence-corrected chi connectivity index (χ4v) is 3.69. The molecule has 1 aliphatic heterocycles. The zero-order chi connectivity index (χ0) is 14.6. The number of rotatable bonds is 3. The maximum Gasteiger partial charge on any atom is 0.257 e. The Bertz CT molecular complexity index is 583. The summed E-state index contributed by atoms with van der Waals surface area (Å²) < 4.78 is 5.55. The zero-order valence-corrected chi connectivity index (χ0v) is 12.4. The Morgan fingerprint density at radius 1 is 1.24 bits per heavy atom. The maximum absolute atomic E-state index is 13.0. The van der Waals surface area contributed by atoms with E-state index in [1.807, 2.05) is 17.9 Å². The van der Waals surface area contributed by atoms with Gasteiger partial charge in [-0.3, -0.25) is 9.59 Å². The molecule has 2 heterocycles. The number of hydrogen-bond acceptors (Lipinski definition) is 3. The monoisotopic (exact) mass is 287 g/mol. The number of nitrogens with zero attached hydrogens (tertiary/aromatic N) is 1. The first kappa shape index (κ1) is 13.1. The van der Waals surface area contributed by atoms with Gasteiger partial charge in [0.05, 0.1) is 11.8 Å². The third kappa shape index (κ3) is 2.30. The van der Waals surface area contributed by atoms with Crippen molar-refractivity contribution in [3.63, 3.8) is 0 Å². The van der Waals surface area contributed by atoms with Crippen molar-refractivity contribution in [1.82, 2.24) is 4.90 Å². The summed E-state index contributed by atoms with van der Waals surface area (Å²) in [5.74, 6) is 2.19. The van der Waals surface area contributed by atoms with Gasteiger partial charge in [0.1, 0.15) is 11.5 Å². The summed E-state index contributed by atoms with van der Waals surface area (Å²) in [6.07, 6.45) is 7.20. The highest BCUT2D eigenvalue weighted by molar-refractivity contribution is 5.97. The number of piperidine rings is 1. The number of likely N-dealkylation sites (tertiary alicyclic amines) is 1. The Labute approximate surface area is 124 Å². The van der Waals surface area contributed by atoms with Crippen LogP contribution in [0.5, 0.6) is 0 Å². The van der Waals surface area contributed by atoms with Crippen LogP contribution in [0.25, 0.3) is 0 Å². The average Bonchev–Trinajstić information content (AvgIpc) is 3.35. The van der Waals surface area contributed by atoms with Crippen LogP contribution < -0.4 is 0 Å². The molecule has 2 saturated carbocycles. The Hall–Kier alpha value is -1.58. The predicted molar refractivity (Wildman–Crippen MR) is 77.1 cm³/mol. The first-order valence-electron chi connectivity index (χ1n) is 8.07. The molecule has 4 rings (SSSR count). The third-order valence-electron chi connectivity index (χ3n) is 5.07. The van der Waals surface area contributed by atoms with Crippen molar-refractivity contribution in [2.75, 3.05) is 0 Å². The van der Waals surface area contributed by atoms with Gasteiger partial charge in [-0.05, 0) is 44.6 Å². The average molecular weight is 287 g/mol. The van der Waals surface area contributed by atoms with Gasteiger partial charge in [-0.2, -0.15) is 0 Å². The van der Waals surface area contributed by atoms with E-state index in [9.17, 15) is 9.59 Å². The van der Waals surface area contributed by atoms with Crippen molar-refractivity contribution in [1.29, 1.82) is 0 Å². The summed E-state index contributed by atoms with van der Waals surface area (Å²) in [6, 6.07) is 1.92. The Kier molecular flexibility index (Phi) is 2.95. The molecule has 1 saturated heterocycles. The van der Waals surface area contributed by atoms with E-state index < -0.39 is 0 Å². The summed E-state index contributed by atoms with van der Waals surface area (Å²) in [5, 5.41) is 0. The number of ketones is 1. The molecule has 3 fully saturated rings. The molecule has 0 aromatic carbocycles. The summed E-state index contributed by atoms with van der Waals surface area (Å²) in [5.41, 5.74) is 0.726. The fourth-order valence-electron chi connectivity index (χ4n) is 3.69. The molecular weight excluding hydrogens is 266 g/mol. The first-order valence-corrected chi connectivity index (χ1v) is 8.07. The van der Waals surface area contributed by atoms with Crippen molar-refractivity contribution in [2.45, 2.75) is 63.5 Å². The van der Waals surface area contributed by atoms with Crippen LogP contribution in [0.15, 0.2) is 16.7 Å². The Morgan fingerprint density at radius 2 is 2.00 bits per heavy atom. The highest BCUT2D eigenvalue weighted by Gasteiger charge is 2.45. The number of furan rings is 1. The fraction of sp³-hybridized carbons (Fsp3) is 0.647. The van der Waals surface area contributed by atoms with E-state index in [1.54, 1.807) is 6.26 Å². The van der Waals surface area contributed by atoms with E-state index in [2.05, 4.69) is 0 Å². The van der Waals surface area contributed by atoms with E-state index in [-0.39, 0.29) is 18.0 Å². The lowest BCUT2D eigenvalue weighted by molar-refractivity contribution is -0.124. The summed E-state index contributed by atoms with van der Waals surface area (Å²) in [6.45, 7) is 2.00. The topological polar surface area (TPSA) is 50.5 Å². The normalized spacial score (nSPS) is 29.8. The molecule has 0 spiro atoms. The molecule has 21 heavy (non-hydrogen) atoms. The second-order valence-corrected chi connectivity index (χ2v) is 6.89. The number of carbonyl (C=O) groups excluding carboxylic acids is 2. The summed E-state index contributed by atoms with van der Waals surface area (Å²) >= 11 is 0. The number of carbonyl (C=O) groups is 2. The van der Waals surface area contributed by atoms with E-state index in [0.29, 0.717) is 30.5 Å². The Morgan fingerprint density at radius 3 is 2.67 bits per heavy atom. The minimum absolute atomic E-state index is 0.00584. The van der Waals surface area contributed by atoms with Crippen molar-refractivity contribution < 1.29 is 14.0 Å². The molecule has 0 bridgehead atoms. The summed E-state index contributed by atoms with van der Waals surface area (Å²) in [7, 11) is 0. The van der Waals surface area contributed by atoms with Crippen LogP contribution >= 0.6 is 0 Å². The lowest BCUT2D eigenvalue weighted by Crippen LogP contribution is -2.52.